The molecule has 0 bridgehead atoms. The van der Waals surface area contributed by atoms with Gasteiger partial charge in [0.05, 0.1) is 10.5 Å². The second kappa shape index (κ2) is 3.74. The number of hydrogen-bond acceptors (Lipinski definition) is 4. The van der Waals surface area contributed by atoms with E-state index in [-0.39, 0.29) is 16.1 Å². The van der Waals surface area contributed by atoms with Crippen LogP contribution in [0.4, 0.5) is 5.69 Å². The van der Waals surface area contributed by atoms with Crippen LogP contribution in [0.15, 0.2) is 35.1 Å². The lowest BCUT2D eigenvalue weighted by Crippen LogP contribution is -2.04. The van der Waals surface area contributed by atoms with Crippen LogP contribution >= 0.6 is 0 Å². The summed E-state index contributed by atoms with van der Waals surface area (Å²) in [5.41, 5.74) is 5.18. The molecule has 0 saturated heterocycles. The molecule has 0 spiro atoms. The van der Waals surface area contributed by atoms with E-state index in [0.29, 0.717) is 0 Å². The number of carbonyl (C=O) groups is 1. The molecule has 3 N–H and O–H groups in total. The Bertz CT molecular complexity index is 519. The lowest BCUT2D eigenvalue weighted by Gasteiger charge is -2.03. The SMILES string of the molecule is C=CS(=O)(=O)c1ccc(C(=O)O)c(N)c1. The van der Waals surface area contributed by atoms with Gasteiger partial charge in [-0.1, -0.05) is 6.58 Å². The quantitative estimate of drug-likeness (QED) is 0.747. The molecular weight excluding hydrogens is 218 g/mol. The van der Waals surface area contributed by atoms with Gasteiger partial charge < -0.3 is 10.8 Å². The third-order valence-corrected chi connectivity index (χ3v) is 3.15. The van der Waals surface area contributed by atoms with E-state index in [1.54, 1.807) is 0 Å². The Hall–Kier alpha value is -1.82. The summed E-state index contributed by atoms with van der Waals surface area (Å²) in [6, 6.07) is 3.42. The number of aromatic carboxylic acids is 1. The average molecular weight is 227 g/mol. The average Bonchev–Trinajstić information content (AvgIpc) is 2.17. The molecule has 0 heterocycles. The number of anilines is 1. The van der Waals surface area contributed by atoms with E-state index >= 15 is 0 Å². The van der Waals surface area contributed by atoms with E-state index in [2.05, 4.69) is 6.58 Å². The second-order valence-electron chi connectivity index (χ2n) is 2.77. The van der Waals surface area contributed by atoms with Crippen LogP contribution in [-0.4, -0.2) is 19.5 Å². The zero-order chi connectivity index (χ0) is 11.6. The summed E-state index contributed by atoms with van der Waals surface area (Å²) in [7, 11) is -3.57. The molecule has 6 heteroatoms. The second-order valence-corrected chi connectivity index (χ2v) is 4.66. The normalized spacial score (nSPS) is 10.9. The van der Waals surface area contributed by atoms with E-state index in [4.69, 9.17) is 10.8 Å². The van der Waals surface area contributed by atoms with Crippen LogP contribution in [0.5, 0.6) is 0 Å². The smallest absolute Gasteiger partial charge is 0.337 e. The number of sulfone groups is 1. The summed E-state index contributed by atoms with van der Waals surface area (Å²) >= 11 is 0. The minimum Gasteiger partial charge on any atom is -0.478 e. The van der Waals surface area contributed by atoms with Crippen LogP contribution in [0.25, 0.3) is 0 Å². The van der Waals surface area contributed by atoms with Gasteiger partial charge in [0.1, 0.15) is 0 Å². The van der Waals surface area contributed by atoms with Crippen LogP contribution < -0.4 is 5.73 Å². The highest BCUT2D eigenvalue weighted by Gasteiger charge is 2.14. The molecular formula is C9H9NO4S. The first-order valence-electron chi connectivity index (χ1n) is 3.89. The monoisotopic (exact) mass is 227 g/mol. The van der Waals surface area contributed by atoms with E-state index in [0.717, 1.165) is 17.5 Å². The van der Waals surface area contributed by atoms with Gasteiger partial charge in [-0.3, -0.25) is 0 Å². The van der Waals surface area contributed by atoms with Crippen molar-refractivity contribution < 1.29 is 18.3 Å². The molecule has 0 fully saturated rings. The van der Waals surface area contributed by atoms with Crippen LogP contribution in [0.3, 0.4) is 0 Å². The van der Waals surface area contributed by atoms with Gasteiger partial charge in [0.25, 0.3) is 0 Å². The van der Waals surface area contributed by atoms with Crippen molar-refractivity contribution >= 4 is 21.5 Å². The molecule has 0 aliphatic carbocycles. The van der Waals surface area contributed by atoms with Crippen molar-refractivity contribution in [2.45, 2.75) is 4.90 Å². The Kier molecular flexibility index (Phi) is 2.81. The van der Waals surface area contributed by atoms with E-state index in [9.17, 15) is 13.2 Å². The van der Waals surface area contributed by atoms with Crippen molar-refractivity contribution in [1.29, 1.82) is 0 Å². The lowest BCUT2D eigenvalue weighted by atomic mass is 10.2. The van der Waals surface area contributed by atoms with Crippen LogP contribution in [0, 0.1) is 0 Å². The molecule has 1 rings (SSSR count). The molecule has 0 saturated carbocycles. The summed E-state index contributed by atoms with van der Waals surface area (Å²) < 4.78 is 22.6. The maximum Gasteiger partial charge on any atom is 0.337 e. The Labute approximate surface area is 86.8 Å². The Morgan fingerprint density at radius 3 is 2.47 bits per heavy atom. The standard InChI is InChI=1S/C9H9NO4S/c1-2-15(13,14)6-3-4-7(9(11)12)8(10)5-6/h2-5H,1,10H2,(H,11,12). The van der Waals surface area contributed by atoms with Gasteiger partial charge in [-0.15, -0.1) is 0 Å². The minimum atomic E-state index is -3.57. The molecule has 1 aromatic carbocycles. The lowest BCUT2D eigenvalue weighted by molar-refractivity contribution is 0.0698. The van der Waals surface area contributed by atoms with Crippen molar-refractivity contribution in [3.63, 3.8) is 0 Å². The van der Waals surface area contributed by atoms with Crippen molar-refractivity contribution in [3.8, 4) is 0 Å². The fraction of sp³-hybridized carbons (Fsp3) is 0. The van der Waals surface area contributed by atoms with Gasteiger partial charge >= 0.3 is 5.97 Å². The maximum absolute atomic E-state index is 11.3. The molecule has 5 nitrogen and oxygen atoms in total. The number of benzene rings is 1. The zero-order valence-electron chi connectivity index (χ0n) is 7.67. The van der Waals surface area contributed by atoms with E-state index in [1.165, 1.54) is 6.07 Å². The highest BCUT2D eigenvalue weighted by molar-refractivity contribution is 7.94. The predicted molar refractivity (Wildman–Crippen MR) is 55.2 cm³/mol. The maximum atomic E-state index is 11.3. The van der Waals surface area contributed by atoms with E-state index < -0.39 is 15.8 Å². The fourth-order valence-corrected chi connectivity index (χ4v) is 1.75. The number of carboxylic acids is 1. The third-order valence-electron chi connectivity index (χ3n) is 1.80. The van der Waals surface area contributed by atoms with Crippen molar-refractivity contribution in [1.82, 2.24) is 0 Å². The van der Waals surface area contributed by atoms with Gasteiger partial charge in [-0.2, -0.15) is 0 Å². The Morgan fingerprint density at radius 2 is 2.07 bits per heavy atom. The predicted octanol–water partition coefficient (Wildman–Crippen LogP) is 0.884. The molecule has 0 aliphatic rings. The Balaban J connectivity index is 3.36. The van der Waals surface area contributed by atoms with Crippen molar-refractivity contribution in [2.24, 2.45) is 0 Å². The molecule has 0 atom stereocenters. The first-order valence-corrected chi connectivity index (χ1v) is 5.43. The van der Waals surface area contributed by atoms with Crippen LogP contribution in [0.1, 0.15) is 10.4 Å². The summed E-state index contributed by atoms with van der Waals surface area (Å²) in [5, 5.41) is 9.45. The minimum absolute atomic E-state index is 0.0694. The van der Waals surface area contributed by atoms with Gasteiger partial charge in [0.2, 0.25) is 0 Å². The molecule has 0 radical (unpaired) electrons. The van der Waals surface area contributed by atoms with E-state index in [1.807, 2.05) is 0 Å². The number of nitrogen functional groups attached to an aromatic ring is 1. The summed E-state index contributed by atoms with van der Waals surface area (Å²) in [6.45, 7) is 3.15. The third kappa shape index (κ3) is 2.16. The van der Waals surface area contributed by atoms with Gasteiger partial charge in [-0.05, 0) is 18.2 Å². The van der Waals surface area contributed by atoms with Crippen LogP contribution in [0.2, 0.25) is 0 Å². The highest BCUT2D eigenvalue weighted by atomic mass is 32.2. The molecule has 0 aliphatic heterocycles. The molecule has 80 valence electrons. The topological polar surface area (TPSA) is 97.5 Å². The number of rotatable bonds is 3. The number of carboxylic acid groups (broad SMARTS) is 1. The summed E-state index contributed by atoms with van der Waals surface area (Å²) in [5.74, 6) is -1.20. The molecule has 0 unspecified atom stereocenters. The molecule has 1 aromatic rings. The number of nitrogens with two attached hydrogens (primary N) is 1. The summed E-state index contributed by atoms with van der Waals surface area (Å²) in [6.07, 6.45) is 0. The molecule has 15 heavy (non-hydrogen) atoms. The fourth-order valence-electron chi connectivity index (χ4n) is 1.01. The molecule has 0 aromatic heterocycles. The van der Waals surface area contributed by atoms with Crippen LogP contribution in [-0.2, 0) is 9.84 Å². The van der Waals surface area contributed by atoms with Gasteiger partial charge in [0, 0.05) is 11.1 Å². The largest absolute Gasteiger partial charge is 0.478 e. The molecule has 0 amide bonds. The first kappa shape index (κ1) is 11.3. The van der Waals surface area contributed by atoms with Crippen molar-refractivity contribution in [3.05, 3.63) is 35.7 Å². The Morgan fingerprint density at radius 1 is 1.47 bits per heavy atom. The zero-order valence-corrected chi connectivity index (χ0v) is 8.49. The van der Waals surface area contributed by atoms with Crippen molar-refractivity contribution in [2.75, 3.05) is 5.73 Å². The summed E-state index contributed by atoms with van der Waals surface area (Å²) in [4.78, 5) is 10.5. The van der Waals surface area contributed by atoms with Gasteiger partial charge in [0.15, 0.2) is 9.84 Å². The first-order chi connectivity index (χ1) is 6.88. The number of hydrogen-bond donors (Lipinski definition) is 2. The highest BCUT2D eigenvalue weighted by Crippen LogP contribution is 2.19. The van der Waals surface area contributed by atoms with Gasteiger partial charge in [-0.25, -0.2) is 13.2 Å².